The molecule has 0 bridgehead atoms. The van der Waals surface area contributed by atoms with Crippen LogP contribution in [0.2, 0.25) is 0 Å². The average Bonchev–Trinajstić information content (AvgIpc) is 3.25. The normalized spacial score (nSPS) is 15.0. The van der Waals surface area contributed by atoms with Gasteiger partial charge in [-0.05, 0) is 43.3 Å². The van der Waals surface area contributed by atoms with Crippen LogP contribution in [0, 0.1) is 6.92 Å². The lowest BCUT2D eigenvalue weighted by molar-refractivity contribution is -0.115. The molecule has 3 heterocycles. The number of aryl methyl sites for hydroxylation is 1. The Kier molecular flexibility index (Phi) is 6.19. The molecule has 168 valence electrons. The minimum absolute atomic E-state index is 0.118. The maximum atomic E-state index is 13.0. The number of imidazole rings is 1. The predicted molar refractivity (Wildman–Crippen MR) is 120 cm³/mol. The topological polar surface area (TPSA) is 113 Å². The number of aromatic nitrogens is 4. The fourth-order valence-electron chi connectivity index (χ4n) is 3.50. The van der Waals surface area contributed by atoms with Crippen LogP contribution in [0.25, 0.3) is 5.82 Å². The monoisotopic (exact) mass is 455 g/mol. The lowest BCUT2D eigenvalue weighted by Gasteiger charge is -2.34. The van der Waals surface area contributed by atoms with Crippen LogP contribution in [-0.2, 0) is 14.8 Å². The van der Waals surface area contributed by atoms with E-state index in [-0.39, 0.29) is 10.8 Å². The summed E-state index contributed by atoms with van der Waals surface area (Å²) < 4.78 is 29.3. The van der Waals surface area contributed by atoms with E-state index in [1.54, 1.807) is 25.3 Å². The minimum atomic E-state index is -3.61. The highest BCUT2D eigenvalue weighted by Gasteiger charge is 2.29. The molecule has 1 amide bonds. The first-order chi connectivity index (χ1) is 15.4. The molecule has 2 aromatic heterocycles. The Labute approximate surface area is 186 Å². The van der Waals surface area contributed by atoms with Crippen molar-refractivity contribution in [2.75, 3.05) is 36.4 Å². The van der Waals surface area contributed by atoms with Gasteiger partial charge in [0.2, 0.25) is 15.9 Å². The van der Waals surface area contributed by atoms with Gasteiger partial charge in [-0.1, -0.05) is 6.92 Å². The third-order valence-electron chi connectivity index (χ3n) is 5.37. The molecular weight excluding hydrogens is 430 g/mol. The molecule has 10 nitrogen and oxygen atoms in total. The van der Waals surface area contributed by atoms with Gasteiger partial charge in [-0.3, -0.25) is 9.36 Å². The zero-order chi connectivity index (χ0) is 22.7. The molecule has 4 rings (SSSR count). The van der Waals surface area contributed by atoms with Crippen LogP contribution in [0.3, 0.4) is 0 Å². The second-order valence-electron chi connectivity index (χ2n) is 7.41. The summed E-state index contributed by atoms with van der Waals surface area (Å²) >= 11 is 0. The average molecular weight is 456 g/mol. The number of carbonyl (C=O) groups is 1. The lowest BCUT2D eigenvalue weighted by atomic mass is 10.3. The van der Waals surface area contributed by atoms with Gasteiger partial charge in [0, 0.05) is 50.7 Å². The molecule has 3 aromatic rings. The number of amides is 1. The highest BCUT2D eigenvalue weighted by Crippen LogP contribution is 2.22. The summed E-state index contributed by atoms with van der Waals surface area (Å²) in [7, 11) is -3.61. The third kappa shape index (κ3) is 4.48. The number of benzene rings is 1. The van der Waals surface area contributed by atoms with Gasteiger partial charge in [-0.15, -0.1) is 10.2 Å². The minimum Gasteiger partial charge on any atom is -0.352 e. The van der Waals surface area contributed by atoms with Crippen molar-refractivity contribution in [2.24, 2.45) is 0 Å². The van der Waals surface area contributed by atoms with E-state index in [9.17, 15) is 13.2 Å². The van der Waals surface area contributed by atoms with Crippen molar-refractivity contribution in [2.45, 2.75) is 25.2 Å². The van der Waals surface area contributed by atoms with E-state index in [2.05, 4.69) is 20.5 Å². The molecule has 11 heteroatoms. The molecule has 0 aliphatic carbocycles. The number of hydrogen-bond acceptors (Lipinski definition) is 7. The second kappa shape index (κ2) is 9.05. The van der Waals surface area contributed by atoms with Crippen LogP contribution in [0.1, 0.15) is 19.2 Å². The van der Waals surface area contributed by atoms with E-state index in [1.807, 2.05) is 34.7 Å². The Hall–Kier alpha value is -3.31. The summed E-state index contributed by atoms with van der Waals surface area (Å²) in [5, 5.41) is 11.3. The SMILES string of the molecule is CCC(=O)Nc1ccc(S(=O)(=O)N2CCN(c3ccc(-n4ccnc4C)nn3)CC2)cc1. The van der Waals surface area contributed by atoms with Crippen LogP contribution in [0.5, 0.6) is 0 Å². The Balaban J connectivity index is 1.39. The fourth-order valence-corrected chi connectivity index (χ4v) is 4.92. The number of carbonyl (C=O) groups excluding carboxylic acids is 1. The van der Waals surface area contributed by atoms with Crippen molar-refractivity contribution in [3.63, 3.8) is 0 Å². The zero-order valence-electron chi connectivity index (χ0n) is 18.0. The maximum absolute atomic E-state index is 13.0. The molecule has 1 saturated heterocycles. The Morgan fingerprint density at radius 2 is 1.66 bits per heavy atom. The van der Waals surface area contributed by atoms with Gasteiger partial charge in [-0.25, -0.2) is 13.4 Å². The number of sulfonamides is 1. The molecule has 0 saturated carbocycles. The van der Waals surface area contributed by atoms with Gasteiger partial charge in [0.25, 0.3) is 0 Å². The molecule has 0 radical (unpaired) electrons. The number of nitrogens with one attached hydrogen (secondary N) is 1. The summed E-state index contributed by atoms with van der Waals surface area (Å²) in [6.45, 7) is 5.38. The van der Waals surface area contributed by atoms with Crippen molar-refractivity contribution in [1.82, 2.24) is 24.1 Å². The largest absolute Gasteiger partial charge is 0.352 e. The van der Waals surface area contributed by atoms with Gasteiger partial charge < -0.3 is 10.2 Å². The van der Waals surface area contributed by atoms with Crippen LogP contribution >= 0.6 is 0 Å². The molecule has 0 atom stereocenters. The highest BCUT2D eigenvalue weighted by molar-refractivity contribution is 7.89. The van der Waals surface area contributed by atoms with Crippen LogP contribution in [0.15, 0.2) is 53.7 Å². The van der Waals surface area contributed by atoms with Crippen molar-refractivity contribution >= 4 is 27.4 Å². The van der Waals surface area contributed by atoms with Crippen LogP contribution in [0.4, 0.5) is 11.5 Å². The number of anilines is 2. The zero-order valence-corrected chi connectivity index (χ0v) is 18.8. The lowest BCUT2D eigenvalue weighted by Crippen LogP contribution is -2.49. The predicted octanol–water partition coefficient (Wildman–Crippen LogP) is 1.83. The van der Waals surface area contributed by atoms with E-state index in [0.717, 1.165) is 5.82 Å². The first kappa shape index (κ1) is 21.9. The quantitative estimate of drug-likeness (QED) is 0.603. The van der Waals surface area contributed by atoms with Crippen molar-refractivity contribution in [3.8, 4) is 5.82 Å². The van der Waals surface area contributed by atoms with E-state index in [4.69, 9.17) is 0 Å². The van der Waals surface area contributed by atoms with E-state index in [0.29, 0.717) is 49.9 Å². The first-order valence-corrected chi connectivity index (χ1v) is 11.8. The Bertz CT molecular complexity index is 1180. The molecule has 32 heavy (non-hydrogen) atoms. The van der Waals surface area contributed by atoms with E-state index < -0.39 is 10.0 Å². The van der Waals surface area contributed by atoms with E-state index >= 15 is 0 Å². The first-order valence-electron chi connectivity index (χ1n) is 10.4. The van der Waals surface area contributed by atoms with Gasteiger partial charge in [0.1, 0.15) is 5.82 Å². The molecular formula is C21H25N7O3S. The van der Waals surface area contributed by atoms with Gasteiger partial charge in [-0.2, -0.15) is 4.31 Å². The number of piperazine rings is 1. The fraction of sp³-hybridized carbons (Fsp3) is 0.333. The Morgan fingerprint density at radius 3 is 2.22 bits per heavy atom. The van der Waals surface area contributed by atoms with Crippen molar-refractivity contribution in [1.29, 1.82) is 0 Å². The molecule has 1 N–H and O–H groups in total. The molecule has 1 fully saturated rings. The van der Waals surface area contributed by atoms with E-state index in [1.165, 1.54) is 16.4 Å². The molecule has 0 spiro atoms. The molecule has 1 aliphatic rings. The third-order valence-corrected chi connectivity index (χ3v) is 7.28. The molecule has 1 aromatic carbocycles. The standard InChI is InChI=1S/C21H25N7O3S/c1-3-21(29)23-17-4-6-18(7-5-17)32(30,31)27-14-12-26(13-15-27)19-8-9-20(25-24-19)28-11-10-22-16(28)2/h4-11H,3,12-15H2,1-2H3,(H,23,29). The van der Waals surface area contributed by atoms with Crippen molar-refractivity contribution in [3.05, 3.63) is 54.6 Å². The summed E-state index contributed by atoms with van der Waals surface area (Å²) in [5.41, 5.74) is 0.577. The molecule has 0 unspecified atom stereocenters. The Morgan fingerprint density at radius 1 is 1.00 bits per heavy atom. The highest BCUT2D eigenvalue weighted by atomic mass is 32.2. The number of nitrogens with zero attached hydrogens (tertiary/aromatic N) is 6. The summed E-state index contributed by atoms with van der Waals surface area (Å²) in [6, 6.07) is 10.0. The summed E-state index contributed by atoms with van der Waals surface area (Å²) in [5.74, 6) is 2.10. The van der Waals surface area contributed by atoms with Gasteiger partial charge >= 0.3 is 0 Å². The van der Waals surface area contributed by atoms with Crippen molar-refractivity contribution < 1.29 is 13.2 Å². The van der Waals surface area contributed by atoms with Crippen LogP contribution in [-0.4, -0.2) is 64.6 Å². The van der Waals surface area contributed by atoms with Gasteiger partial charge in [0.05, 0.1) is 4.90 Å². The van der Waals surface area contributed by atoms with Gasteiger partial charge in [0.15, 0.2) is 11.6 Å². The second-order valence-corrected chi connectivity index (χ2v) is 9.35. The summed E-state index contributed by atoms with van der Waals surface area (Å²) in [6.07, 6.45) is 3.90. The smallest absolute Gasteiger partial charge is 0.243 e. The summed E-state index contributed by atoms with van der Waals surface area (Å²) in [4.78, 5) is 17.9. The number of hydrogen-bond donors (Lipinski definition) is 1. The molecule has 1 aliphatic heterocycles. The number of rotatable bonds is 6. The van der Waals surface area contributed by atoms with Crippen LogP contribution < -0.4 is 10.2 Å². The maximum Gasteiger partial charge on any atom is 0.243 e.